The first-order valence-corrected chi connectivity index (χ1v) is 12.3. The van der Waals surface area contributed by atoms with Gasteiger partial charge >= 0.3 is 0 Å². The van der Waals surface area contributed by atoms with Crippen molar-refractivity contribution in [2.75, 3.05) is 19.3 Å². The number of benzene rings is 3. The molecule has 0 spiro atoms. The Bertz CT molecular complexity index is 1230. The van der Waals surface area contributed by atoms with E-state index in [1.165, 1.54) is 0 Å². The van der Waals surface area contributed by atoms with Gasteiger partial charge in [0.25, 0.3) is 0 Å². The number of amides is 1. The molecule has 0 aliphatic rings. The SMILES string of the molecule is CN(CCc1ccccn1)C(=O)CCSc1ccc(O)c(-c2cccc(-c3ccccc3)c2)c1. The molecule has 1 aromatic heterocycles. The summed E-state index contributed by atoms with van der Waals surface area (Å²) < 4.78 is 0. The van der Waals surface area contributed by atoms with Gasteiger partial charge in [-0.05, 0) is 53.1 Å². The van der Waals surface area contributed by atoms with Gasteiger partial charge in [0, 0.05) is 54.5 Å². The number of carbonyl (C=O) groups excluding carboxylic acids is 1. The van der Waals surface area contributed by atoms with Crippen LogP contribution in [-0.2, 0) is 11.2 Å². The zero-order valence-electron chi connectivity index (χ0n) is 19.2. The van der Waals surface area contributed by atoms with E-state index in [-0.39, 0.29) is 11.7 Å². The summed E-state index contributed by atoms with van der Waals surface area (Å²) in [5.74, 6) is 1.05. The maximum atomic E-state index is 12.5. The van der Waals surface area contributed by atoms with E-state index in [0.717, 1.165) is 39.3 Å². The second-order valence-corrected chi connectivity index (χ2v) is 9.28. The molecule has 0 atom stereocenters. The van der Waals surface area contributed by atoms with Gasteiger partial charge in [-0.25, -0.2) is 0 Å². The number of hydrogen-bond donors (Lipinski definition) is 1. The molecule has 0 bridgehead atoms. The van der Waals surface area contributed by atoms with Crippen LogP contribution in [0, 0.1) is 0 Å². The number of aromatic hydroxyl groups is 1. The van der Waals surface area contributed by atoms with Crippen LogP contribution in [0.2, 0.25) is 0 Å². The monoisotopic (exact) mass is 468 g/mol. The Morgan fingerprint density at radius 3 is 2.44 bits per heavy atom. The van der Waals surface area contributed by atoms with Crippen LogP contribution in [0.15, 0.2) is 102 Å². The van der Waals surface area contributed by atoms with Crippen LogP contribution < -0.4 is 0 Å². The largest absolute Gasteiger partial charge is 0.507 e. The Morgan fingerprint density at radius 1 is 0.882 bits per heavy atom. The van der Waals surface area contributed by atoms with Gasteiger partial charge in [0.05, 0.1) is 0 Å². The van der Waals surface area contributed by atoms with Crippen LogP contribution in [0.3, 0.4) is 0 Å². The number of phenols is 1. The van der Waals surface area contributed by atoms with Gasteiger partial charge in [-0.15, -0.1) is 11.8 Å². The first-order chi connectivity index (χ1) is 16.6. The molecule has 4 aromatic rings. The molecular formula is C29H28N2O2S. The van der Waals surface area contributed by atoms with E-state index in [1.54, 1.807) is 28.9 Å². The Balaban J connectivity index is 1.36. The fraction of sp³-hybridized carbons (Fsp3) is 0.172. The lowest BCUT2D eigenvalue weighted by Crippen LogP contribution is -2.29. The lowest BCUT2D eigenvalue weighted by atomic mass is 9.98. The molecule has 172 valence electrons. The van der Waals surface area contributed by atoms with E-state index >= 15 is 0 Å². The van der Waals surface area contributed by atoms with Crippen LogP contribution in [-0.4, -0.2) is 40.2 Å². The third-order valence-electron chi connectivity index (χ3n) is 5.69. The fourth-order valence-electron chi connectivity index (χ4n) is 3.73. The third kappa shape index (κ3) is 6.27. The summed E-state index contributed by atoms with van der Waals surface area (Å²) in [4.78, 5) is 19.6. The van der Waals surface area contributed by atoms with Gasteiger partial charge in [0.2, 0.25) is 5.91 Å². The summed E-state index contributed by atoms with van der Waals surface area (Å²) in [6.07, 6.45) is 2.99. The van der Waals surface area contributed by atoms with Gasteiger partial charge < -0.3 is 10.0 Å². The Hall–Kier alpha value is -3.57. The van der Waals surface area contributed by atoms with Gasteiger partial charge in [0.15, 0.2) is 0 Å². The average Bonchev–Trinajstić information content (AvgIpc) is 2.89. The predicted molar refractivity (Wildman–Crippen MR) is 140 cm³/mol. The van der Waals surface area contributed by atoms with Crippen molar-refractivity contribution in [2.24, 2.45) is 0 Å². The molecule has 4 nitrogen and oxygen atoms in total. The highest BCUT2D eigenvalue weighted by Gasteiger charge is 2.11. The van der Waals surface area contributed by atoms with Crippen molar-refractivity contribution in [3.8, 4) is 28.0 Å². The molecule has 0 radical (unpaired) electrons. The highest BCUT2D eigenvalue weighted by atomic mass is 32.2. The van der Waals surface area contributed by atoms with Crippen molar-refractivity contribution >= 4 is 17.7 Å². The minimum absolute atomic E-state index is 0.123. The quantitative estimate of drug-likeness (QED) is 0.293. The molecule has 0 saturated heterocycles. The van der Waals surface area contributed by atoms with Crippen molar-refractivity contribution < 1.29 is 9.90 Å². The normalized spacial score (nSPS) is 10.7. The molecule has 34 heavy (non-hydrogen) atoms. The minimum atomic E-state index is 0.123. The number of aromatic nitrogens is 1. The molecule has 4 rings (SSSR count). The van der Waals surface area contributed by atoms with Crippen molar-refractivity contribution in [3.05, 3.63) is 103 Å². The molecule has 0 aliphatic heterocycles. The summed E-state index contributed by atoms with van der Waals surface area (Å²) in [6.45, 7) is 0.654. The molecular weight excluding hydrogens is 440 g/mol. The zero-order chi connectivity index (χ0) is 23.8. The minimum Gasteiger partial charge on any atom is -0.507 e. The first-order valence-electron chi connectivity index (χ1n) is 11.4. The fourth-order valence-corrected chi connectivity index (χ4v) is 4.61. The maximum absolute atomic E-state index is 12.5. The van der Waals surface area contributed by atoms with E-state index in [4.69, 9.17) is 0 Å². The molecule has 0 fully saturated rings. The van der Waals surface area contributed by atoms with E-state index in [1.807, 2.05) is 67.7 Å². The van der Waals surface area contributed by atoms with Crippen LogP contribution >= 0.6 is 11.8 Å². The topological polar surface area (TPSA) is 53.4 Å². The van der Waals surface area contributed by atoms with Gasteiger partial charge in [-0.3, -0.25) is 9.78 Å². The zero-order valence-corrected chi connectivity index (χ0v) is 20.0. The number of rotatable bonds is 9. The molecule has 1 amide bonds. The number of hydrogen-bond acceptors (Lipinski definition) is 4. The molecule has 1 N–H and O–H groups in total. The van der Waals surface area contributed by atoms with Gasteiger partial charge in [-0.1, -0.05) is 54.6 Å². The molecule has 0 aliphatic carbocycles. The maximum Gasteiger partial charge on any atom is 0.223 e. The highest BCUT2D eigenvalue weighted by molar-refractivity contribution is 7.99. The van der Waals surface area contributed by atoms with Gasteiger partial charge in [0.1, 0.15) is 5.75 Å². The van der Waals surface area contributed by atoms with Crippen molar-refractivity contribution in [1.82, 2.24) is 9.88 Å². The number of pyridine rings is 1. The molecule has 3 aromatic carbocycles. The van der Waals surface area contributed by atoms with Crippen LogP contribution in [0.5, 0.6) is 5.75 Å². The van der Waals surface area contributed by atoms with Crippen LogP contribution in [0.4, 0.5) is 0 Å². The lowest BCUT2D eigenvalue weighted by Gasteiger charge is -2.17. The summed E-state index contributed by atoms with van der Waals surface area (Å²) in [6, 6.07) is 29.9. The second-order valence-electron chi connectivity index (χ2n) is 8.11. The predicted octanol–water partition coefficient (Wildman–Crippen LogP) is 6.30. The van der Waals surface area contributed by atoms with Crippen molar-refractivity contribution in [1.29, 1.82) is 0 Å². The summed E-state index contributed by atoms with van der Waals surface area (Å²) in [5.41, 5.74) is 4.99. The number of carbonyl (C=O) groups is 1. The highest BCUT2D eigenvalue weighted by Crippen LogP contribution is 2.35. The Kier molecular flexibility index (Phi) is 7.99. The van der Waals surface area contributed by atoms with E-state index in [2.05, 4.69) is 29.2 Å². The van der Waals surface area contributed by atoms with E-state index in [0.29, 0.717) is 18.7 Å². The molecule has 5 heteroatoms. The molecule has 0 saturated carbocycles. The number of thioether (sulfide) groups is 1. The summed E-state index contributed by atoms with van der Waals surface area (Å²) >= 11 is 1.63. The van der Waals surface area contributed by atoms with Gasteiger partial charge in [-0.2, -0.15) is 0 Å². The molecule has 0 unspecified atom stereocenters. The number of nitrogens with zero attached hydrogens (tertiary/aromatic N) is 2. The van der Waals surface area contributed by atoms with Crippen molar-refractivity contribution in [3.63, 3.8) is 0 Å². The average molecular weight is 469 g/mol. The summed E-state index contributed by atoms with van der Waals surface area (Å²) in [5, 5.41) is 10.5. The third-order valence-corrected chi connectivity index (χ3v) is 6.68. The first kappa shape index (κ1) is 23.6. The standard InChI is InChI=1S/C29H28N2O2S/c1-31(18-15-25-12-5-6-17-30-25)29(33)16-19-34-26-13-14-28(32)27(21-26)24-11-7-10-23(20-24)22-8-3-2-4-9-22/h2-14,17,20-21,32H,15-16,18-19H2,1H3. The number of phenolic OH excluding ortho intramolecular Hbond substituents is 1. The Labute approximate surface area is 205 Å². The van der Waals surface area contributed by atoms with E-state index in [9.17, 15) is 9.90 Å². The second kappa shape index (κ2) is 11.5. The lowest BCUT2D eigenvalue weighted by molar-refractivity contribution is -0.129. The smallest absolute Gasteiger partial charge is 0.223 e. The molecule has 1 heterocycles. The Morgan fingerprint density at radius 2 is 1.65 bits per heavy atom. The van der Waals surface area contributed by atoms with Crippen molar-refractivity contribution in [2.45, 2.75) is 17.7 Å². The van der Waals surface area contributed by atoms with Crippen LogP contribution in [0.25, 0.3) is 22.3 Å². The summed E-state index contributed by atoms with van der Waals surface area (Å²) in [7, 11) is 1.84. The van der Waals surface area contributed by atoms with E-state index < -0.39 is 0 Å². The van der Waals surface area contributed by atoms with Crippen LogP contribution in [0.1, 0.15) is 12.1 Å². The number of likely N-dealkylation sites (N-methyl/N-ethyl adjacent to an activating group) is 1.